The Morgan fingerprint density at radius 1 is 1.20 bits per heavy atom. The summed E-state index contributed by atoms with van der Waals surface area (Å²) in [4.78, 5) is 0. The molecule has 0 saturated heterocycles. The van der Waals surface area contributed by atoms with Crippen molar-refractivity contribution in [2.75, 3.05) is 13.7 Å². The Morgan fingerprint density at radius 3 is 1.20 bits per heavy atom. The van der Waals surface area contributed by atoms with Gasteiger partial charge in [0.25, 0.3) is 0 Å². The van der Waals surface area contributed by atoms with Gasteiger partial charge < -0.3 is 10.2 Å². The lowest BCUT2D eigenvalue weighted by atomic mass is 10.9. The summed E-state index contributed by atoms with van der Waals surface area (Å²) in [7, 11) is -3.67. The van der Waals surface area contributed by atoms with Crippen molar-refractivity contribution < 1.29 is 27.7 Å². The van der Waals surface area contributed by atoms with Gasteiger partial charge in [-0.25, -0.2) is 0 Å². The van der Waals surface area contributed by atoms with E-state index in [0.29, 0.717) is 0 Å². The molecular weight excluding hydrogens is 164 g/mol. The van der Waals surface area contributed by atoms with Gasteiger partial charge in [0.15, 0.2) is 0 Å². The van der Waals surface area contributed by atoms with Crippen LogP contribution in [0.25, 0.3) is 0 Å². The fourth-order valence-electron chi connectivity index (χ4n) is 0. The third-order valence-corrected chi connectivity index (χ3v) is 0. The zero-order valence-electron chi connectivity index (χ0n) is 5.72. The van der Waals surface area contributed by atoms with E-state index in [1.54, 1.807) is 6.92 Å². The molecule has 0 aliphatic rings. The van der Waals surface area contributed by atoms with Gasteiger partial charge in [-0.15, -0.1) is 0 Å². The lowest BCUT2D eigenvalue weighted by molar-refractivity contribution is 0.318. The van der Waals surface area contributed by atoms with Crippen LogP contribution in [0, 0.1) is 0 Å². The highest BCUT2D eigenvalue weighted by Gasteiger charge is 1.84. The Balaban J connectivity index is -0.0000000847. The van der Waals surface area contributed by atoms with Gasteiger partial charge in [-0.2, -0.15) is 8.42 Å². The Hall–Kier alpha value is -0.210. The Labute approximate surface area is 59.7 Å². The molecule has 10 heavy (non-hydrogen) atoms. The molecule has 0 rings (SSSR count). The SMILES string of the molecule is CCO.CO.O=S(=O)(O)O. The van der Waals surface area contributed by atoms with E-state index in [2.05, 4.69) is 0 Å². The molecule has 0 bridgehead atoms. The molecule has 66 valence electrons. The number of rotatable bonds is 0. The summed E-state index contributed by atoms with van der Waals surface area (Å²) >= 11 is 0. The fourth-order valence-corrected chi connectivity index (χ4v) is 0. The number of aliphatic hydroxyl groups is 2. The summed E-state index contributed by atoms with van der Waals surface area (Å²) in [6, 6.07) is 0. The van der Waals surface area contributed by atoms with Crippen molar-refractivity contribution in [3.05, 3.63) is 0 Å². The molecule has 0 atom stereocenters. The minimum atomic E-state index is -4.67. The predicted molar refractivity (Wildman–Crippen MR) is 35.1 cm³/mol. The van der Waals surface area contributed by atoms with Crippen LogP contribution in [0.4, 0.5) is 0 Å². The standard InChI is InChI=1S/C2H6O.CH4O.H2O4S/c1-2-3;1-2;1-5(2,3)4/h3H,2H2,1H3;2H,1H3;(H2,1,2,3,4). The first-order chi connectivity index (χ1) is 4.41. The molecule has 0 saturated carbocycles. The molecule has 0 aromatic carbocycles. The lowest BCUT2D eigenvalue weighted by Crippen LogP contribution is -1.89. The molecule has 0 spiro atoms. The maximum atomic E-state index is 8.74. The van der Waals surface area contributed by atoms with Gasteiger partial charge in [0.2, 0.25) is 0 Å². The van der Waals surface area contributed by atoms with Crippen LogP contribution < -0.4 is 0 Å². The zero-order valence-corrected chi connectivity index (χ0v) is 6.54. The molecular formula is C3H12O6S. The summed E-state index contributed by atoms with van der Waals surface area (Å²) in [6.07, 6.45) is 0. The van der Waals surface area contributed by atoms with Crippen molar-refractivity contribution in [1.29, 1.82) is 0 Å². The van der Waals surface area contributed by atoms with Crippen LogP contribution >= 0.6 is 0 Å². The third-order valence-electron chi connectivity index (χ3n) is 0. The lowest BCUT2D eigenvalue weighted by Gasteiger charge is -1.68. The second-order valence-corrected chi connectivity index (χ2v) is 1.66. The summed E-state index contributed by atoms with van der Waals surface area (Å²) < 4.78 is 31.6. The van der Waals surface area contributed by atoms with Crippen LogP contribution in [-0.4, -0.2) is 41.5 Å². The van der Waals surface area contributed by atoms with E-state index in [0.717, 1.165) is 7.11 Å². The summed E-state index contributed by atoms with van der Waals surface area (Å²) in [5.41, 5.74) is 0. The minimum Gasteiger partial charge on any atom is -0.400 e. The Bertz CT molecular complexity index is 107. The van der Waals surface area contributed by atoms with Gasteiger partial charge in [0, 0.05) is 13.7 Å². The largest absolute Gasteiger partial charge is 0.400 e. The molecule has 0 fully saturated rings. The fraction of sp³-hybridized carbons (Fsp3) is 1.00. The first-order valence-corrected chi connectivity index (χ1v) is 3.57. The molecule has 7 heteroatoms. The maximum Gasteiger partial charge on any atom is 0.394 e. The molecule has 0 aromatic heterocycles. The zero-order chi connectivity index (χ0) is 9.21. The first kappa shape index (κ1) is 16.4. The highest BCUT2D eigenvalue weighted by Crippen LogP contribution is 1.59. The van der Waals surface area contributed by atoms with E-state index in [4.69, 9.17) is 27.7 Å². The van der Waals surface area contributed by atoms with E-state index in [1.165, 1.54) is 0 Å². The molecule has 0 aliphatic heterocycles. The topological polar surface area (TPSA) is 115 Å². The average molecular weight is 176 g/mol. The second-order valence-electron chi connectivity index (χ2n) is 0.764. The molecule has 0 radical (unpaired) electrons. The van der Waals surface area contributed by atoms with Crippen LogP contribution in [0.15, 0.2) is 0 Å². The molecule has 0 unspecified atom stereocenters. The van der Waals surface area contributed by atoms with E-state index in [1.807, 2.05) is 0 Å². The van der Waals surface area contributed by atoms with E-state index in [-0.39, 0.29) is 6.61 Å². The predicted octanol–water partition coefficient (Wildman–Crippen LogP) is -1.05. The van der Waals surface area contributed by atoms with Crippen LogP contribution in [-0.2, 0) is 10.4 Å². The van der Waals surface area contributed by atoms with Crippen molar-refractivity contribution >= 4 is 10.4 Å². The molecule has 4 N–H and O–H groups in total. The van der Waals surface area contributed by atoms with Crippen LogP contribution in [0.5, 0.6) is 0 Å². The van der Waals surface area contributed by atoms with Crippen molar-refractivity contribution in [1.82, 2.24) is 0 Å². The van der Waals surface area contributed by atoms with Crippen molar-refractivity contribution in [2.45, 2.75) is 6.92 Å². The molecule has 6 nitrogen and oxygen atoms in total. The highest BCUT2D eigenvalue weighted by atomic mass is 32.3. The molecule has 0 amide bonds. The van der Waals surface area contributed by atoms with Gasteiger partial charge in [0.1, 0.15) is 0 Å². The Morgan fingerprint density at radius 2 is 1.20 bits per heavy atom. The number of aliphatic hydroxyl groups excluding tert-OH is 2. The van der Waals surface area contributed by atoms with Gasteiger partial charge in [0.05, 0.1) is 0 Å². The summed E-state index contributed by atoms with van der Waals surface area (Å²) in [5, 5.41) is 14.6. The monoisotopic (exact) mass is 176 g/mol. The molecule has 0 aromatic rings. The molecule has 0 heterocycles. The summed E-state index contributed by atoms with van der Waals surface area (Å²) in [5.74, 6) is 0. The van der Waals surface area contributed by atoms with Crippen LogP contribution in [0.2, 0.25) is 0 Å². The first-order valence-electron chi connectivity index (χ1n) is 2.17. The maximum absolute atomic E-state index is 8.74. The van der Waals surface area contributed by atoms with Crippen molar-refractivity contribution in [3.63, 3.8) is 0 Å². The van der Waals surface area contributed by atoms with Gasteiger partial charge in [-0.1, -0.05) is 0 Å². The van der Waals surface area contributed by atoms with Gasteiger partial charge in [-0.3, -0.25) is 9.11 Å². The smallest absolute Gasteiger partial charge is 0.394 e. The van der Waals surface area contributed by atoms with E-state index >= 15 is 0 Å². The van der Waals surface area contributed by atoms with Gasteiger partial charge in [-0.05, 0) is 6.92 Å². The normalized spacial score (nSPS) is 8.20. The average Bonchev–Trinajstić information content (AvgIpc) is 1.68. The minimum absolute atomic E-state index is 0.250. The molecule has 0 aliphatic carbocycles. The van der Waals surface area contributed by atoms with Gasteiger partial charge >= 0.3 is 10.4 Å². The second kappa shape index (κ2) is 11.6. The quantitative estimate of drug-likeness (QED) is 0.350. The highest BCUT2D eigenvalue weighted by molar-refractivity contribution is 7.79. The number of hydrogen-bond acceptors (Lipinski definition) is 4. The van der Waals surface area contributed by atoms with E-state index < -0.39 is 10.4 Å². The van der Waals surface area contributed by atoms with Crippen LogP contribution in [0.3, 0.4) is 0 Å². The number of hydrogen-bond donors (Lipinski definition) is 4. The Kier molecular flexibility index (Phi) is 19.0. The van der Waals surface area contributed by atoms with E-state index in [9.17, 15) is 0 Å². The summed E-state index contributed by atoms with van der Waals surface area (Å²) in [6.45, 7) is 1.93. The third kappa shape index (κ3) is 8140. The van der Waals surface area contributed by atoms with Crippen molar-refractivity contribution in [3.8, 4) is 0 Å². The van der Waals surface area contributed by atoms with Crippen molar-refractivity contribution in [2.24, 2.45) is 0 Å². The van der Waals surface area contributed by atoms with Crippen LogP contribution in [0.1, 0.15) is 6.92 Å².